The zero-order chi connectivity index (χ0) is 14.1. The fourth-order valence-corrected chi connectivity index (χ4v) is 2.77. The summed E-state index contributed by atoms with van der Waals surface area (Å²) in [6.45, 7) is 0. The Bertz CT molecular complexity index is 787. The van der Waals surface area contributed by atoms with Crippen molar-refractivity contribution in [1.82, 2.24) is 4.98 Å². The second kappa shape index (κ2) is 5.57. The lowest BCUT2D eigenvalue weighted by molar-refractivity contribution is 0.487. The highest BCUT2D eigenvalue weighted by Crippen LogP contribution is 2.36. The summed E-state index contributed by atoms with van der Waals surface area (Å²) in [6.07, 6.45) is 1.63. The molecule has 0 fully saturated rings. The molecule has 0 unspecified atom stereocenters. The average molecular weight is 441 g/mol. The molecule has 3 rings (SSSR count). The van der Waals surface area contributed by atoms with Gasteiger partial charge in [-0.05, 0) is 52.9 Å². The van der Waals surface area contributed by atoms with E-state index in [0.29, 0.717) is 11.4 Å². The number of nitrogen functional groups attached to an aromatic ring is 1. The topological polar surface area (TPSA) is 48.1 Å². The lowest BCUT2D eigenvalue weighted by Gasteiger charge is -2.12. The molecule has 3 aromatic rings. The Balaban J connectivity index is 2.17. The molecule has 0 aliphatic rings. The molecule has 0 aliphatic carbocycles. The molecule has 0 saturated heterocycles. The van der Waals surface area contributed by atoms with Crippen LogP contribution >= 0.6 is 38.5 Å². The van der Waals surface area contributed by atoms with Gasteiger partial charge in [0.1, 0.15) is 5.75 Å². The lowest BCUT2D eigenvalue weighted by Crippen LogP contribution is -1.96. The lowest BCUT2D eigenvalue weighted by atomic mass is 10.2. The Labute approximate surface area is 138 Å². The zero-order valence-corrected chi connectivity index (χ0v) is 14.1. The first kappa shape index (κ1) is 13.6. The van der Waals surface area contributed by atoms with Crippen LogP contribution in [0.1, 0.15) is 0 Å². The number of nitrogens with two attached hydrogens (primary N) is 1. The van der Waals surface area contributed by atoms with E-state index in [1.807, 2.05) is 42.5 Å². The van der Waals surface area contributed by atoms with Gasteiger partial charge in [-0.2, -0.15) is 0 Å². The second-order valence-corrected chi connectivity index (χ2v) is 6.31. The quantitative estimate of drug-likeness (QED) is 0.572. The predicted octanol–water partition coefficient (Wildman–Crippen LogP) is 4.98. The number of aromatic nitrogens is 1. The van der Waals surface area contributed by atoms with E-state index in [2.05, 4.69) is 43.5 Å². The van der Waals surface area contributed by atoms with Crippen LogP contribution in [0.3, 0.4) is 0 Å². The van der Waals surface area contributed by atoms with E-state index in [9.17, 15) is 0 Å². The summed E-state index contributed by atoms with van der Waals surface area (Å²) in [5.74, 6) is 1.42. The fourth-order valence-electron chi connectivity index (χ4n) is 1.91. The van der Waals surface area contributed by atoms with Gasteiger partial charge in [0.2, 0.25) is 0 Å². The van der Waals surface area contributed by atoms with Crippen LogP contribution in [0.15, 0.2) is 53.1 Å². The molecule has 0 amide bonds. The number of benzene rings is 2. The second-order valence-electron chi connectivity index (χ2n) is 4.24. The molecular formula is C15H10BrIN2O. The molecule has 0 spiro atoms. The van der Waals surface area contributed by atoms with Gasteiger partial charge in [-0.15, -0.1) is 0 Å². The maximum absolute atomic E-state index is 6.03. The third kappa shape index (κ3) is 2.60. The molecule has 1 heterocycles. The number of nitrogens with zero attached hydrogens (tertiary/aromatic N) is 1. The van der Waals surface area contributed by atoms with E-state index in [1.54, 1.807) is 6.20 Å². The number of hydrogen-bond acceptors (Lipinski definition) is 3. The molecule has 1 aromatic heterocycles. The Kier molecular flexibility index (Phi) is 3.80. The molecule has 0 atom stereocenters. The summed E-state index contributed by atoms with van der Waals surface area (Å²) in [4.78, 5) is 4.32. The maximum Gasteiger partial charge on any atom is 0.161 e. The Morgan fingerprint density at radius 1 is 1.15 bits per heavy atom. The number of para-hydroxylation sites is 1. The van der Waals surface area contributed by atoms with Crippen LogP contribution in [0.2, 0.25) is 0 Å². The normalized spacial score (nSPS) is 10.7. The van der Waals surface area contributed by atoms with Gasteiger partial charge < -0.3 is 10.5 Å². The third-order valence-electron chi connectivity index (χ3n) is 2.86. The highest BCUT2D eigenvalue weighted by molar-refractivity contribution is 14.1. The van der Waals surface area contributed by atoms with Gasteiger partial charge in [0.25, 0.3) is 0 Å². The number of halogens is 2. The van der Waals surface area contributed by atoms with Crippen molar-refractivity contribution in [3.05, 3.63) is 56.7 Å². The van der Waals surface area contributed by atoms with Gasteiger partial charge in [0, 0.05) is 9.86 Å². The number of hydrogen-bond donors (Lipinski definition) is 1. The summed E-state index contributed by atoms with van der Waals surface area (Å²) in [6, 6.07) is 13.7. The number of fused-ring (bicyclic) bond motifs is 1. The number of pyridine rings is 1. The molecule has 0 saturated carbocycles. The standard InChI is InChI=1S/C15H10BrIN2O/c16-9-5-6-13-10(7-9)15(12(18)8-19-13)20-14-4-2-1-3-11(14)17/h1-8H,18H2. The third-order valence-corrected chi connectivity index (χ3v) is 4.24. The monoisotopic (exact) mass is 440 g/mol. The van der Waals surface area contributed by atoms with Crippen LogP contribution in [0.4, 0.5) is 5.69 Å². The highest BCUT2D eigenvalue weighted by atomic mass is 127. The number of ether oxygens (including phenoxy) is 1. The SMILES string of the molecule is Nc1cnc2ccc(Br)cc2c1Oc1ccccc1I. The van der Waals surface area contributed by atoms with Crippen LogP contribution in [-0.4, -0.2) is 4.98 Å². The largest absolute Gasteiger partial charge is 0.453 e. The Hall–Kier alpha value is -1.34. The summed E-state index contributed by atoms with van der Waals surface area (Å²) in [7, 11) is 0. The molecule has 2 aromatic carbocycles. The van der Waals surface area contributed by atoms with Gasteiger partial charge in [-0.25, -0.2) is 0 Å². The maximum atomic E-state index is 6.03. The van der Waals surface area contributed by atoms with Crippen molar-refractivity contribution in [3.63, 3.8) is 0 Å². The molecular weight excluding hydrogens is 431 g/mol. The Morgan fingerprint density at radius 3 is 2.75 bits per heavy atom. The van der Waals surface area contributed by atoms with Gasteiger partial charge in [0.15, 0.2) is 5.75 Å². The summed E-state index contributed by atoms with van der Waals surface area (Å²) >= 11 is 5.70. The van der Waals surface area contributed by atoms with Crippen molar-refractivity contribution < 1.29 is 4.74 Å². The van der Waals surface area contributed by atoms with Crippen molar-refractivity contribution in [2.45, 2.75) is 0 Å². The van der Waals surface area contributed by atoms with E-state index in [0.717, 1.165) is 24.7 Å². The van der Waals surface area contributed by atoms with Crippen molar-refractivity contribution in [3.8, 4) is 11.5 Å². The fraction of sp³-hybridized carbons (Fsp3) is 0. The zero-order valence-electron chi connectivity index (χ0n) is 10.3. The first-order valence-corrected chi connectivity index (χ1v) is 7.78. The summed E-state index contributed by atoms with van der Waals surface area (Å²) in [5, 5.41) is 0.888. The Morgan fingerprint density at radius 2 is 1.95 bits per heavy atom. The smallest absolute Gasteiger partial charge is 0.161 e. The van der Waals surface area contributed by atoms with Gasteiger partial charge in [-0.1, -0.05) is 28.1 Å². The molecule has 3 nitrogen and oxygen atoms in total. The minimum absolute atomic E-state index is 0.523. The van der Waals surface area contributed by atoms with E-state index in [-0.39, 0.29) is 0 Å². The van der Waals surface area contributed by atoms with E-state index in [1.165, 1.54) is 0 Å². The first-order valence-electron chi connectivity index (χ1n) is 5.91. The molecule has 0 radical (unpaired) electrons. The van der Waals surface area contributed by atoms with Crippen LogP contribution in [0, 0.1) is 3.57 Å². The van der Waals surface area contributed by atoms with Crippen molar-refractivity contribution in [2.24, 2.45) is 0 Å². The minimum Gasteiger partial charge on any atom is -0.453 e. The van der Waals surface area contributed by atoms with Gasteiger partial charge >= 0.3 is 0 Å². The van der Waals surface area contributed by atoms with E-state index in [4.69, 9.17) is 10.5 Å². The highest BCUT2D eigenvalue weighted by Gasteiger charge is 2.11. The predicted molar refractivity (Wildman–Crippen MR) is 93.1 cm³/mol. The molecule has 0 aliphatic heterocycles. The van der Waals surface area contributed by atoms with Crippen LogP contribution in [0.5, 0.6) is 11.5 Å². The van der Waals surface area contributed by atoms with Crippen LogP contribution < -0.4 is 10.5 Å². The first-order chi connectivity index (χ1) is 9.65. The van der Waals surface area contributed by atoms with Crippen molar-refractivity contribution in [2.75, 3.05) is 5.73 Å². The van der Waals surface area contributed by atoms with E-state index < -0.39 is 0 Å². The molecule has 20 heavy (non-hydrogen) atoms. The van der Waals surface area contributed by atoms with Gasteiger partial charge in [0.05, 0.1) is 21.0 Å². The minimum atomic E-state index is 0.523. The van der Waals surface area contributed by atoms with Crippen LogP contribution in [0.25, 0.3) is 10.9 Å². The van der Waals surface area contributed by atoms with E-state index >= 15 is 0 Å². The van der Waals surface area contributed by atoms with Gasteiger partial charge in [-0.3, -0.25) is 4.98 Å². The van der Waals surface area contributed by atoms with Crippen molar-refractivity contribution >= 4 is 55.1 Å². The molecule has 0 bridgehead atoms. The van der Waals surface area contributed by atoms with Crippen molar-refractivity contribution in [1.29, 1.82) is 0 Å². The molecule has 2 N–H and O–H groups in total. The molecule has 5 heteroatoms. The molecule has 100 valence electrons. The summed E-state index contributed by atoms with van der Waals surface area (Å²) < 4.78 is 8.01. The van der Waals surface area contributed by atoms with Crippen LogP contribution in [-0.2, 0) is 0 Å². The summed E-state index contributed by atoms with van der Waals surface area (Å²) in [5.41, 5.74) is 7.40. The average Bonchev–Trinajstić information content (AvgIpc) is 2.44. The number of rotatable bonds is 2. The number of anilines is 1.